The molecule has 0 bridgehead atoms. The number of hydrogen-bond donors (Lipinski definition) is 2. The van der Waals surface area contributed by atoms with Gasteiger partial charge in [0.05, 0.1) is 0 Å². The van der Waals surface area contributed by atoms with Crippen LogP contribution in [0.5, 0.6) is 0 Å². The largest absolute Gasteiger partial charge is 0.356 e. The molecule has 132 valence electrons. The Kier molecular flexibility index (Phi) is 6.55. The summed E-state index contributed by atoms with van der Waals surface area (Å²) in [5.74, 6) is 0.871. The molecule has 0 aliphatic heterocycles. The molecule has 2 N–H and O–H groups in total. The maximum Gasteiger partial charge on any atom is 0.216 e. The predicted molar refractivity (Wildman–Crippen MR) is 97.0 cm³/mol. The number of hydrogen-bond acceptors (Lipinski definition) is 3. The standard InChI is InChI=1S/C20H30N2O2/c1-15(2)17-6-4-7-18(14-17)20(10-8-19(24)9-11-20)22-13-5-12-21-16(3)23/h4,6-7,14-15,22H,5,8-13H2,1-3H3,(H,21,23). The van der Waals surface area contributed by atoms with Crippen LogP contribution in [-0.2, 0) is 15.1 Å². The Morgan fingerprint density at radius 2 is 1.92 bits per heavy atom. The van der Waals surface area contributed by atoms with E-state index in [4.69, 9.17) is 0 Å². The van der Waals surface area contributed by atoms with Gasteiger partial charge in [-0.15, -0.1) is 0 Å². The minimum absolute atomic E-state index is 0.0117. The number of ketones is 1. The van der Waals surface area contributed by atoms with Crippen molar-refractivity contribution >= 4 is 11.7 Å². The van der Waals surface area contributed by atoms with Crippen molar-refractivity contribution in [1.29, 1.82) is 0 Å². The van der Waals surface area contributed by atoms with E-state index in [1.807, 2.05) is 0 Å². The zero-order valence-electron chi connectivity index (χ0n) is 15.2. The molecule has 0 radical (unpaired) electrons. The van der Waals surface area contributed by atoms with Crippen molar-refractivity contribution < 1.29 is 9.59 Å². The summed E-state index contributed by atoms with van der Waals surface area (Å²) < 4.78 is 0. The zero-order valence-corrected chi connectivity index (χ0v) is 15.2. The molecule has 0 saturated heterocycles. The summed E-state index contributed by atoms with van der Waals surface area (Å²) in [7, 11) is 0. The molecule has 2 rings (SSSR count). The summed E-state index contributed by atoms with van der Waals surface area (Å²) in [5, 5.41) is 6.54. The van der Waals surface area contributed by atoms with Crippen LogP contribution >= 0.6 is 0 Å². The van der Waals surface area contributed by atoms with Crippen molar-refractivity contribution in [2.75, 3.05) is 13.1 Å². The number of rotatable bonds is 7. The zero-order chi connectivity index (χ0) is 17.6. The van der Waals surface area contributed by atoms with Crippen molar-refractivity contribution in [3.63, 3.8) is 0 Å². The average molecular weight is 330 g/mol. The lowest BCUT2D eigenvalue weighted by atomic mass is 9.75. The van der Waals surface area contributed by atoms with Crippen LogP contribution in [0.2, 0.25) is 0 Å². The molecule has 4 nitrogen and oxygen atoms in total. The van der Waals surface area contributed by atoms with Crippen molar-refractivity contribution in [3.8, 4) is 0 Å². The Morgan fingerprint density at radius 3 is 2.54 bits per heavy atom. The van der Waals surface area contributed by atoms with Gasteiger partial charge >= 0.3 is 0 Å². The van der Waals surface area contributed by atoms with Crippen LogP contribution in [0, 0.1) is 0 Å². The summed E-state index contributed by atoms with van der Waals surface area (Å²) >= 11 is 0. The topological polar surface area (TPSA) is 58.2 Å². The Labute approximate surface area is 145 Å². The van der Waals surface area contributed by atoms with Crippen molar-refractivity contribution in [2.24, 2.45) is 0 Å². The van der Waals surface area contributed by atoms with E-state index < -0.39 is 0 Å². The van der Waals surface area contributed by atoms with E-state index in [1.54, 1.807) is 6.92 Å². The minimum Gasteiger partial charge on any atom is -0.356 e. The number of benzene rings is 1. The highest BCUT2D eigenvalue weighted by molar-refractivity contribution is 5.79. The minimum atomic E-state index is -0.116. The Bertz CT molecular complexity index is 571. The molecule has 1 aromatic carbocycles. The van der Waals surface area contributed by atoms with Gasteiger partial charge in [-0.05, 0) is 42.9 Å². The highest BCUT2D eigenvalue weighted by Gasteiger charge is 2.35. The molecular formula is C20H30N2O2. The molecule has 1 aliphatic carbocycles. The first-order valence-electron chi connectivity index (χ1n) is 9.04. The Balaban J connectivity index is 2.10. The fourth-order valence-corrected chi connectivity index (χ4v) is 3.40. The SMILES string of the molecule is CC(=O)NCCCNC1(c2cccc(C(C)C)c2)CCC(=O)CC1. The second-order valence-electron chi connectivity index (χ2n) is 7.16. The van der Waals surface area contributed by atoms with Gasteiger partial charge < -0.3 is 10.6 Å². The van der Waals surface area contributed by atoms with E-state index in [0.717, 1.165) is 25.8 Å². The quantitative estimate of drug-likeness (QED) is 0.755. The van der Waals surface area contributed by atoms with Gasteiger partial charge in [0.2, 0.25) is 5.91 Å². The van der Waals surface area contributed by atoms with Crippen molar-refractivity contribution in [1.82, 2.24) is 10.6 Å². The molecule has 0 unspecified atom stereocenters. The molecule has 4 heteroatoms. The summed E-state index contributed by atoms with van der Waals surface area (Å²) in [4.78, 5) is 22.7. The molecule has 1 saturated carbocycles. The monoisotopic (exact) mass is 330 g/mol. The second kappa shape index (κ2) is 8.43. The van der Waals surface area contributed by atoms with Crippen molar-refractivity contribution in [2.45, 2.75) is 64.3 Å². The first kappa shape index (κ1) is 18.7. The van der Waals surface area contributed by atoms with Gasteiger partial charge in [-0.3, -0.25) is 9.59 Å². The third kappa shape index (κ3) is 4.91. The average Bonchev–Trinajstić information content (AvgIpc) is 2.56. The van der Waals surface area contributed by atoms with Gasteiger partial charge in [0.15, 0.2) is 0 Å². The number of amides is 1. The summed E-state index contributed by atoms with van der Waals surface area (Å²) in [6.45, 7) is 7.47. The lowest BCUT2D eigenvalue weighted by Crippen LogP contribution is -2.46. The number of carbonyl (C=O) groups excluding carboxylic acids is 2. The molecule has 0 aromatic heterocycles. The van der Waals surface area contributed by atoms with Gasteiger partial charge in [-0.1, -0.05) is 38.1 Å². The van der Waals surface area contributed by atoms with Gasteiger partial charge in [-0.25, -0.2) is 0 Å². The first-order chi connectivity index (χ1) is 11.4. The molecule has 24 heavy (non-hydrogen) atoms. The van der Waals surface area contributed by atoms with Crippen LogP contribution < -0.4 is 10.6 Å². The van der Waals surface area contributed by atoms with E-state index in [1.165, 1.54) is 11.1 Å². The van der Waals surface area contributed by atoms with Gasteiger partial charge in [0, 0.05) is 31.8 Å². The van der Waals surface area contributed by atoms with Gasteiger partial charge in [0.1, 0.15) is 5.78 Å². The highest BCUT2D eigenvalue weighted by Crippen LogP contribution is 2.37. The van der Waals surface area contributed by atoms with Gasteiger partial charge in [0.25, 0.3) is 0 Å². The molecule has 0 atom stereocenters. The molecular weight excluding hydrogens is 300 g/mol. The van der Waals surface area contributed by atoms with Crippen LogP contribution in [-0.4, -0.2) is 24.8 Å². The molecule has 0 spiro atoms. The highest BCUT2D eigenvalue weighted by atomic mass is 16.1. The Hall–Kier alpha value is -1.68. The molecule has 1 aromatic rings. The van der Waals surface area contributed by atoms with Crippen LogP contribution in [0.4, 0.5) is 0 Å². The normalized spacial score (nSPS) is 17.1. The second-order valence-corrected chi connectivity index (χ2v) is 7.16. The molecule has 1 amide bonds. The fourth-order valence-electron chi connectivity index (χ4n) is 3.40. The maximum absolute atomic E-state index is 11.7. The summed E-state index contributed by atoms with van der Waals surface area (Å²) in [6, 6.07) is 8.78. The van der Waals surface area contributed by atoms with E-state index in [9.17, 15) is 9.59 Å². The smallest absolute Gasteiger partial charge is 0.216 e. The summed E-state index contributed by atoms with van der Waals surface area (Å²) in [6.07, 6.45) is 3.88. The van der Waals surface area contributed by atoms with E-state index in [2.05, 4.69) is 48.7 Å². The first-order valence-corrected chi connectivity index (χ1v) is 9.04. The molecule has 1 aliphatic rings. The maximum atomic E-state index is 11.7. The van der Waals surface area contributed by atoms with Crippen LogP contribution in [0.1, 0.15) is 69.9 Å². The van der Waals surface area contributed by atoms with E-state index in [-0.39, 0.29) is 11.4 Å². The van der Waals surface area contributed by atoms with Crippen molar-refractivity contribution in [3.05, 3.63) is 35.4 Å². The fraction of sp³-hybridized carbons (Fsp3) is 0.600. The third-order valence-electron chi connectivity index (χ3n) is 4.96. The molecule has 0 heterocycles. The number of carbonyl (C=O) groups is 2. The number of Topliss-reactive ketones (excluding diaryl/α,β-unsaturated/α-hetero) is 1. The lowest BCUT2D eigenvalue weighted by Gasteiger charge is -2.39. The summed E-state index contributed by atoms with van der Waals surface area (Å²) in [5.41, 5.74) is 2.51. The lowest BCUT2D eigenvalue weighted by molar-refractivity contribution is -0.122. The van der Waals surface area contributed by atoms with Gasteiger partial charge in [-0.2, -0.15) is 0 Å². The third-order valence-corrected chi connectivity index (χ3v) is 4.96. The Morgan fingerprint density at radius 1 is 1.21 bits per heavy atom. The van der Waals surface area contributed by atoms with E-state index >= 15 is 0 Å². The van der Waals surface area contributed by atoms with Crippen LogP contribution in [0.3, 0.4) is 0 Å². The van der Waals surface area contributed by atoms with Crippen LogP contribution in [0.15, 0.2) is 24.3 Å². The van der Waals surface area contributed by atoms with E-state index in [0.29, 0.717) is 31.1 Å². The molecule has 1 fully saturated rings. The number of nitrogens with one attached hydrogen (secondary N) is 2. The predicted octanol–water partition coefficient (Wildman–Crippen LogP) is 3.26. The van der Waals surface area contributed by atoms with Crippen LogP contribution in [0.25, 0.3) is 0 Å².